The zero-order valence-corrected chi connectivity index (χ0v) is 14.6. The van der Waals surface area contributed by atoms with Crippen molar-refractivity contribution in [1.29, 1.82) is 5.26 Å². The smallest absolute Gasteiger partial charge is 0.334 e. The fourth-order valence-corrected chi connectivity index (χ4v) is 3.40. The monoisotopic (exact) mass is 359 g/mol. The largest absolute Gasteiger partial charge is 0.467 e. The summed E-state index contributed by atoms with van der Waals surface area (Å²) in [4.78, 5) is 38.0. The number of carbonyl (C=O) groups excluding carboxylic acids is 3. The number of nitriles is 1. The molecule has 1 amide bonds. The molecule has 1 saturated heterocycles. The van der Waals surface area contributed by atoms with Crippen LogP contribution in [0.15, 0.2) is 30.3 Å². The second kappa shape index (κ2) is 7.40. The minimum absolute atomic E-state index is 0.124. The normalized spacial score (nSPS) is 23.6. The highest BCUT2D eigenvalue weighted by Gasteiger charge is 2.60. The van der Waals surface area contributed by atoms with Gasteiger partial charge in [0.25, 0.3) is 0 Å². The van der Waals surface area contributed by atoms with Gasteiger partial charge in [0.1, 0.15) is 0 Å². The molecular weight excluding hydrogens is 342 g/mol. The van der Waals surface area contributed by atoms with Crippen LogP contribution in [-0.4, -0.2) is 35.4 Å². The van der Waals surface area contributed by atoms with E-state index in [1.807, 2.05) is 6.07 Å². The Kier molecular flexibility index (Phi) is 5.49. The van der Waals surface area contributed by atoms with Crippen LogP contribution in [0.4, 0.5) is 0 Å². The number of nitrogens with zero attached hydrogens (tertiary/aromatic N) is 1. The summed E-state index contributed by atoms with van der Waals surface area (Å²) in [5, 5.41) is 14.4. The Balaban J connectivity index is 2.63. The van der Waals surface area contributed by atoms with Gasteiger partial charge in [0, 0.05) is 5.56 Å². The molecule has 1 aliphatic rings. The number of ketones is 1. The van der Waals surface area contributed by atoms with E-state index in [0.717, 1.165) is 7.11 Å². The summed E-state index contributed by atoms with van der Waals surface area (Å²) in [6, 6.07) is 10.2. The summed E-state index contributed by atoms with van der Waals surface area (Å²) < 4.78 is 4.85. The van der Waals surface area contributed by atoms with Gasteiger partial charge >= 0.3 is 5.97 Å². The molecule has 1 aliphatic heterocycles. The number of hydrogen-bond donors (Lipinski definition) is 2. The van der Waals surface area contributed by atoms with Crippen molar-refractivity contribution < 1.29 is 19.1 Å². The number of ether oxygens (including phenoxy) is 1. The van der Waals surface area contributed by atoms with Crippen molar-refractivity contribution in [2.75, 3.05) is 7.11 Å². The molecule has 2 rings (SSSR count). The van der Waals surface area contributed by atoms with Crippen LogP contribution in [0, 0.1) is 23.2 Å². The van der Waals surface area contributed by atoms with Crippen molar-refractivity contribution in [3.8, 4) is 6.07 Å². The van der Waals surface area contributed by atoms with Gasteiger partial charge < -0.3 is 15.4 Å². The van der Waals surface area contributed by atoms with Gasteiger partial charge in [-0.2, -0.15) is 5.26 Å². The summed E-state index contributed by atoms with van der Waals surface area (Å²) >= 11 is 5.00. The number of carbonyl (C=O) groups is 3. The van der Waals surface area contributed by atoms with Crippen LogP contribution in [0.5, 0.6) is 0 Å². The first-order valence-corrected chi connectivity index (χ1v) is 8.03. The third-order valence-electron chi connectivity index (χ3n) is 4.26. The third-order valence-corrected chi connectivity index (χ3v) is 4.46. The minimum atomic E-state index is -1.88. The Bertz CT molecular complexity index is 759. The van der Waals surface area contributed by atoms with Gasteiger partial charge in [-0.15, -0.1) is 0 Å². The first-order chi connectivity index (χ1) is 11.9. The van der Waals surface area contributed by atoms with Gasteiger partial charge in [-0.3, -0.25) is 9.59 Å². The molecule has 0 spiro atoms. The molecule has 0 bridgehead atoms. The lowest BCUT2D eigenvalue weighted by Gasteiger charge is -2.43. The van der Waals surface area contributed by atoms with E-state index in [-0.39, 0.29) is 17.3 Å². The summed E-state index contributed by atoms with van der Waals surface area (Å²) in [6.07, 6.45) is 0.198. The maximum absolute atomic E-state index is 13.0. The number of thiocarbonyl (C=S) groups is 1. The van der Waals surface area contributed by atoms with Crippen molar-refractivity contribution in [2.24, 2.45) is 11.8 Å². The molecule has 2 N–H and O–H groups in total. The quantitative estimate of drug-likeness (QED) is 0.458. The van der Waals surface area contributed by atoms with Crippen LogP contribution in [0.25, 0.3) is 0 Å². The van der Waals surface area contributed by atoms with Crippen LogP contribution in [0.3, 0.4) is 0 Å². The molecule has 1 heterocycles. The van der Waals surface area contributed by atoms with Crippen molar-refractivity contribution in [3.05, 3.63) is 35.9 Å². The van der Waals surface area contributed by atoms with Crippen LogP contribution in [0.2, 0.25) is 0 Å². The summed E-state index contributed by atoms with van der Waals surface area (Å²) in [5.41, 5.74) is -1.52. The Morgan fingerprint density at radius 1 is 1.40 bits per heavy atom. The molecule has 3 atom stereocenters. The summed E-state index contributed by atoms with van der Waals surface area (Å²) in [5.74, 6) is -4.48. The maximum atomic E-state index is 13.0. The second-order valence-electron chi connectivity index (χ2n) is 5.56. The van der Waals surface area contributed by atoms with E-state index >= 15 is 0 Å². The van der Waals surface area contributed by atoms with E-state index in [1.165, 1.54) is 0 Å². The van der Waals surface area contributed by atoms with Crippen molar-refractivity contribution in [1.82, 2.24) is 10.6 Å². The number of benzene rings is 1. The van der Waals surface area contributed by atoms with E-state index in [1.54, 1.807) is 37.3 Å². The first kappa shape index (κ1) is 18.5. The van der Waals surface area contributed by atoms with Crippen LogP contribution >= 0.6 is 12.2 Å². The highest BCUT2D eigenvalue weighted by atomic mass is 32.1. The Hall–Kier alpha value is -2.79. The van der Waals surface area contributed by atoms with Gasteiger partial charge in [-0.05, 0) is 18.6 Å². The van der Waals surface area contributed by atoms with Crippen molar-refractivity contribution in [3.63, 3.8) is 0 Å². The number of esters is 1. The molecular formula is C17H17N3O4S. The molecule has 7 nitrogen and oxygen atoms in total. The van der Waals surface area contributed by atoms with Gasteiger partial charge in [0.2, 0.25) is 5.91 Å². The maximum Gasteiger partial charge on any atom is 0.334 e. The molecule has 0 radical (unpaired) electrons. The van der Waals surface area contributed by atoms with Crippen LogP contribution in [-0.2, 0) is 14.3 Å². The molecule has 1 fully saturated rings. The number of methoxy groups -OCH3 is 1. The first-order valence-electron chi connectivity index (χ1n) is 7.62. The van der Waals surface area contributed by atoms with Crippen molar-refractivity contribution >= 4 is 35.0 Å². The average Bonchev–Trinajstić information content (AvgIpc) is 2.61. The highest BCUT2D eigenvalue weighted by molar-refractivity contribution is 7.80. The predicted molar refractivity (Wildman–Crippen MR) is 92.3 cm³/mol. The Morgan fingerprint density at radius 3 is 2.56 bits per heavy atom. The zero-order valence-electron chi connectivity index (χ0n) is 13.7. The Morgan fingerprint density at radius 2 is 2.04 bits per heavy atom. The summed E-state index contributed by atoms with van der Waals surface area (Å²) in [6.45, 7) is 1.70. The van der Waals surface area contributed by atoms with E-state index in [4.69, 9.17) is 17.0 Å². The average molecular weight is 359 g/mol. The topological polar surface area (TPSA) is 108 Å². The van der Waals surface area contributed by atoms with Crippen LogP contribution in [0.1, 0.15) is 23.7 Å². The van der Waals surface area contributed by atoms with E-state index in [9.17, 15) is 19.6 Å². The fourth-order valence-electron chi connectivity index (χ4n) is 3.13. The molecule has 25 heavy (non-hydrogen) atoms. The summed E-state index contributed by atoms with van der Waals surface area (Å²) in [7, 11) is 1.13. The van der Waals surface area contributed by atoms with E-state index < -0.39 is 29.3 Å². The zero-order chi connectivity index (χ0) is 18.6. The standard InChI is InChI=1S/C17H17N3O4S/c1-3-11(13(21)10-7-5-4-6-8-10)17(15(23)24-2)12(9-18)14(22)19-16(25)20-17/h4-8,11-12H,3H2,1-2H3,(H2,19,20,22,25)/t11-,12+,17-/m0/s1. The number of hydrogen-bond acceptors (Lipinski definition) is 6. The van der Waals surface area contributed by atoms with Gasteiger partial charge in [0.05, 0.1) is 19.1 Å². The molecule has 8 heteroatoms. The lowest BCUT2D eigenvalue weighted by atomic mass is 9.68. The second-order valence-corrected chi connectivity index (χ2v) is 5.97. The molecule has 0 aliphatic carbocycles. The third kappa shape index (κ3) is 3.10. The molecule has 1 aromatic rings. The highest BCUT2D eigenvalue weighted by Crippen LogP contribution is 2.35. The molecule has 0 aromatic heterocycles. The van der Waals surface area contributed by atoms with Crippen molar-refractivity contribution in [2.45, 2.75) is 18.9 Å². The molecule has 130 valence electrons. The molecule has 0 unspecified atom stereocenters. The van der Waals surface area contributed by atoms with E-state index in [0.29, 0.717) is 5.56 Å². The minimum Gasteiger partial charge on any atom is -0.467 e. The lowest BCUT2D eigenvalue weighted by Crippen LogP contribution is -2.73. The fraction of sp³-hybridized carbons (Fsp3) is 0.353. The number of rotatable bonds is 5. The predicted octanol–water partition coefficient (Wildman–Crippen LogP) is 0.951. The van der Waals surface area contributed by atoms with Crippen LogP contribution < -0.4 is 10.6 Å². The molecule has 0 saturated carbocycles. The number of nitrogens with one attached hydrogen (secondary N) is 2. The Labute approximate surface area is 150 Å². The van der Waals surface area contributed by atoms with Gasteiger partial charge in [-0.25, -0.2) is 4.79 Å². The SMILES string of the molecule is CC[C@@H](C(=O)c1ccccc1)[C@]1(C(=O)OC)NC(=S)NC(=O)[C@H]1C#N. The number of Topliss-reactive ketones (excluding diaryl/α,β-unsaturated/α-hetero) is 1. The lowest BCUT2D eigenvalue weighted by molar-refractivity contribution is -0.155. The number of amides is 1. The molecule has 1 aromatic carbocycles. The van der Waals surface area contributed by atoms with Gasteiger partial charge in [0.15, 0.2) is 22.4 Å². The van der Waals surface area contributed by atoms with Gasteiger partial charge in [-0.1, -0.05) is 37.3 Å². The van der Waals surface area contributed by atoms with E-state index in [2.05, 4.69) is 10.6 Å².